The maximum atomic E-state index is 10.6. The predicted octanol–water partition coefficient (Wildman–Crippen LogP) is 0.766. The normalized spacial score (nSPS) is 14.5. The fourth-order valence-electron chi connectivity index (χ4n) is 0.914. The first-order chi connectivity index (χ1) is 4.96. The Balaban J connectivity index is 4.36. The Morgan fingerprint density at radius 3 is 2.27 bits per heavy atom. The molecule has 0 fully saturated rings. The average Bonchev–Trinajstić information content (AvgIpc) is 1.89. The van der Waals surface area contributed by atoms with Crippen LogP contribution in [0.5, 0.6) is 0 Å². The van der Waals surface area contributed by atoms with Crippen LogP contribution in [0.4, 0.5) is 0 Å². The summed E-state index contributed by atoms with van der Waals surface area (Å²) in [7, 11) is 0. The molecule has 1 unspecified atom stereocenters. The van der Waals surface area contributed by atoms with Gasteiger partial charge in [0.05, 0.1) is 11.5 Å². The number of hydrogen-bond acceptors (Lipinski definition) is 3. The molecule has 0 heterocycles. The molecule has 0 aromatic carbocycles. The van der Waals surface area contributed by atoms with Crippen LogP contribution in [0.25, 0.3) is 0 Å². The van der Waals surface area contributed by atoms with Gasteiger partial charge in [0, 0.05) is 0 Å². The van der Waals surface area contributed by atoms with Crippen molar-refractivity contribution in [2.45, 2.75) is 33.3 Å². The van der Waals surface area contributed by atoms with Crippen molar-refractivity contribution in [2.75, 3.05) is 0 Å². The fourth-order valence-corrected chi connectivity index (χ4v) is 0.914. The maximum absolute atomic E-state index is 10.6. The molecule has 0 spiro atoms. The van der Waals surface area contributed by atoms with Gasteiger partial charge in [0.15, 0.2) is 0 Å². The zero-order chi connectivity index (χ0) is 9.07. The third kappa shape index (κ3) is 2.17. The van der Waals surface area contributed by atoms with Gasteiger partial charge in [0.25, 0.3) is 0 Å². The van der Waals surface area contributed by atoms with Crippen molar-refractivity contribution >= 4 is 5.97 Å². The Morgan fingerprint density at radius 2 is 2.18 bits per heavy atom. The standard InChI is InChI=1S/C7H15NO3/c1-4-5(11-8)7(2,3)6(9)10/h5H,4,8H2,1-3H3,(H,9,10). The van der Waals surface area contributed by atoms with E-state index in [2.05, 4.69) is 4.84 Å². The minimum absolute atomic E-state index is 0.431. The van der Waals surface area contributed by atoms with Gasteiger partial charge in [-0.25, -0.2) is 5.90 Å². The highest BCUT2D eigenvalue weighted by Crippen LogP contribution is 2.24. The molecule has 1 atom stereocenters. The highest BCUT2D eigenvalue weighted by atomic mass is 16.6. The van der Waals surface area contributed by atoms with E-state index in [0.717, 1.165) is 0 Å². The van der Waals surface area contributed by atoms with E-state index in [9.17, 15) is 4.79 Å². The Kier molecular flexibility index (Phi) is 3.48. The summed E-state index contributed by atoms with van der Waals surface area (Å²) in [6.45, 7) is 5.02. The van der Waals surface area contributed by atoms with E-state index in [1.807, 2.05) is 6.92 Å². The molecule has 3 N–H and O–H groups in total. The van der Waals surface area contributed by atoms with E-state index in [4.69, 9.17) is 11.0 Å². The zero-order valence-electron chi connectivity index (χ0n) is 7.13. The highest BCUT2D eigenvalue weighted by molar-refractivity contribution is 5.74. The number of carbonyl (C=O) groups is 1. The van der Waals surface area contributed by atoms with Gasteiger partial charge in [-0.1, -0.05) is 6.92 Å². The van der Waals surface area contributed by atoms with Crippen molar-refractivity contribution in [3.8, 4) is 0 Å². The number of carboxylic acids is 1. The van der Waals surface area contributed by atoms with E-state index in [1.165, 1.54) is 0 Å². The minimum atomic E-state index is -0.913. The molecule has 0 aliphatic rings. The Bertz CT molecular complexity index is 141. The molecule has 66 valence electrons. The summed E-state index contributed by atoms with van der Waals surface area (Å²) in [6.07, 6.45) is 0.162. The van der Waals surface area contributed by atoms with Gasteiger partial charge in [-0.3, -0.25) is 4.79 Å². The topological polar surface area (TPSA) is 72.5 Å². The minimum Gasteiger partial charge on any atom is -0.481 e. The third-order valence-corrected chi connectivity index (χ3v) is 1.89. The largest absolute Gasteiger partial charge is 0.481 e. The molecule has 0 aliphatic carbocycles. The average molecular weight is 161 g/mol. The van der Waals surface area contributed by atoms with Crippen LogP contribution in [-0.2, 0) is 9.63 Å². The molecule has 4 nitrogen and oxygen atoms in total. The number of rotatable bonds is 4. The van der Waals surface area contributed by atoms with E-state index >= 15 is 0 Å². The second-order valence-electron chi connectivity index (χ2n) is 3.06. The van der Waals surface area contributed by atoms with Crippen molar-refractivity contribution in [1.82, 2.24) is 0 Å². The van der Waals surface area contributed by atoms with Crippen molar-refractivity contribution < 1.29 is 14.7 Å². The van der Waals surface area contributed by atoms with E-state index in [0.29, 0.717) is 6.42 Å². The molecule has 0 saturated heterocycles. The third-order valence-electron chi connectivity index (χ3n) is 1.89. The number of carboxylic acid groups (broad SMARTS) is 1. The van der Waals surface area contributed by atoms with Crippen LogP contribution in [0.1, 0.15) is 27.2 Å². The van der Waals surface area contributed by atoms with Crippen LogP contribution in [-0.4, -0.2) is 17.2 Å². The van der Waals surface area contributed by atoms with Crippen molar-refractivity contribution in [1.29, 1.82) is 0 Å². The van der Waals surface area contributed by atoms with Crippen molar-refractivity contribution in [3.63, 3.8) is 0 Å². The molecule has 0 amide bonds. The Labute approximate surface area is 66.3 Å². The summed E-state index contributed by atoms with van der Waals surface area (Å²) in [5.74, 6) is 4.05. The number of nitrogens with two attached hydrogens (primary N) is 1. The Morgan fingerprint density at radius 1 is 1.73 bits per heavy atom. The molecular formula is C7H15NO3. The molecule has 0 aromatic heterocycles. The molecule has 0 saturated carbocycles. The number of hydrogen-bond donors (Lipinski definition) is 2. The van der Waals surface area contributed by atoms with Gasteiger partial charge in [-0.05, 0) is 20.3 Å². The zero-order valence-corrected chi connectivity index (χ0v) is 7.13. The molecule has 0 radical (unpaired) electrons. The lowest BCUT2D eigenvalue weighted by atomic mass is 9.85. The van der Waals surface area contributed by atoms with Gasteiger partial charge in [0.2, 0.25) is 0 Å². The first kappa shape index (κ1) is 10.4. The monoisotopic (exact) mass is 161 g/mol. The lowest BCUT2D eigenvalue weighted by Crippen LogP contribution is -2.40. The summed E-state index contributed by atoms with van der Waals surface area (Å²) in [5.41, 5.74) is -0.913. The van der Waals surface area contributed by atoms with E-state index in [-0.39, 0.29) is 0 Å². The van der Waals surface area contributed by atoms with Crippen LogP contribution < -0.4 is 5.90 Å². The highest BCUT2D eigenvalue weighted by Gasteiger charge is 2.36. The molecule has 0 aliphatic heterocycles. The lowest BCUT2D eigenvalue weighted by Gasteiger charge is -2.26. The first-order valence-corrected chi connectivity index (χ1v) is 3.55. The molecule has 11 heavy (non-hydrogen) atoms. The summed E-state index contributed by atoms with van der Waals surface area (Å²) in [4.78, 5) is 15.2. The van der Waals surface area contributed by atoms with Crippen molar-refractivity contribution in [3.05, 3.63) is 0 Å². The quantitative estimate of drug-likeness (QED) is 0.597. The molecule has 0 aromatic rings. The summed E-state index contributed by atoms with van der Waals surface area (Å²) < 4.78 is 0. The summed E-state index contributed by atoms with van der Waals surface area (Å²) in [6, 6.07) is 0. The van der Waals surface area contributed by atoms with Gasteiger partial charge in [-0.15, -0.1) is 0 Å². The van der Waals surface area contributed by atoms with E-state index < -0.39 is 17.5 Å². The SMILES string of the molecule is CCC(ON)C(C)(C)C(=O)O. The van der Waals surface area contributed by atoms with Gasteiger partial charge in [-0.2, -0.15) is 0 Å². The van der Waals surface area contributed by atoms with Crippen LogP contribution >= 0.6 is 0 Å². The molecule has 0 bridgehead atoms. The summed E-state index contributed by atoms with van der Waals surface area (Å²) in [5, 5.41) is 8.74. The predicted molar refractivity (Wildman–Crippen MR) is 40.8 cm³/mol. The van der Waals surface area contributed by atoms with Gasteiger partial charge < -0.3 is 9.94 Å². The van der Waals surface area contributed by atoms with Gasteiger partial charge in [0.1, 0.15) is 0 Å². The molecule has 4 heteroatoms. The fraction of sp³-hybridized carbons (Fsp3) is 0.857. The molecular weight excluding hydrogens is 146 g/mol. The second-order valence-corrected chi connectivity index (χ2v) is 3.06. The summed E-state index contributed by atoms with van der Waals surface area (Å²) >= 11 is 0. The van der Waals surface area contributed by atoms with Crippen LogP contribution in [0, 0.1) is 5.41 Å². The Hall–Kier alpha value is -0.610. The maximum Gasteiger partial charge on any atom is 0.311 e. The van der Waals surface area contributed by atoms with Crippen LogP contribution in [0.2, 0.25) is 0 Å². The van der Waals surface area contributed by atoms with Crippen LogP contribution in [0.3, 0.4) is 0 Å². The molecule has 0 rings (SSSR count). The lowest BCUT2D eigenvalue weighted by molar-refractivity contribution is -0.157. The smallest absolute Gasteiger partial charge is 0.311 e. The first-order valence-electron chi connectivity index (χ1n) is 3.55. The van der Waals surface area contributed by atoms with Crippen LogP contribution in [0.15, 0.2) is 0 Å². The van der Waals surface area contributed by atoms with Crippen molar-refractivity contribution in [2.24, 2.45) is 11.3 Å². The number of aliphatic carboxylic acids is 1. The second kappa shape index (κ2) is 3.69. The van der Waals surface area contributed by atoms with E-state index in [1.54, 1.807) is 13.8 Å². The van der Waals surface area contributed by atoms with Gasteiger partial charge >= 0.3 is 5.97 Å².